The third kappa shape index (κ3) is 57.6. The van der Waals surface area contributed by atoms with E-state index in [1.807, 2.05) is 33.3 Å². The molecular weight excluding hydrogens is 988 g/mol. The van der Waals surface area contributed by atoms with E-state index in [-0.39, 0.29) is 31.3 Å². The van der Waals surface area contributed by atoms with Crippen molar-refractivity contribution in [3.63, 3.8) is 0 Å². The zero-order valence-corrected chi connectivity index (χ0v) is 52.2. The molecule has 0 radical (unpaired) electrons. The van der Waals surface area contributed by atoms with Crippen molar-refractivity contribution in [1.29, 1.82) is 0 Å². The van der Waals surface area contributed by atoms with Gasteiger partial charge in [-0.2, -0.15) is 0 Å². The van der Waals surface area contributed by atoms with Crippen LogP contribution in [0.15, 0.2) is 97.2 Å². The number of nitrogens with zero attached hydrogens (tertiary/aromatic N) is 1. The van der Waals surface area contributed by atoms with Crippen molar-refractivity contribution >= 4 is 19.7 Å². The quantitative estimate of drug-likeness (QED) is 0.0212. The molecular formula is C68H121N2O7P. The van der Waals surface area contributed by atoms with Crippen LogP contribution in [0.5, 0.6) is 0 Å². The lowest BCUT2D eigenvalue weighted by Gasteiger charge is -2.30. The number of hydrogen-bond donors (Lipinski definition) is 1. The number of rotatable bonds is 57. The first-order chi connectivity index (χ1) is 37.9. The lowest BCUT2D eigenvalue weighted by Crippen LogP contribution is -2.47. The highest BCUT2D eigenvalue weighted by Crippen LogP contribution is 2.38. The van der Waals surface area contributed by atoms with Gasteiger partial charge in [0.1, 0.15) is 19.3 Å². The highest BCUT2D eigenvalue weighted by molar-refractivity contribution is 7.45. The minimum absolute atomic E-state index is 0.0335. The molecule has 0 aromatic heterocycles. The van der Waals surface area contributed by atoms with E-state index in [1.165, 1.54) is 122 Å². The highest BCUT2D eigenvalue weighted by atomic mass is 31.2. The van der Waals surface area contributed by atoms with Crippen molar-refractivity contribution in [1.82, 2.24) is 5.32 Å². The van der Waals surface area contributed by atoms with Crippen LogP contribution in [-0.2, 0) is 27.9 Å². The highest BCUT2D eigenvalue weighted by Gasteiger charge is 2.27. The normalized spacial score (nSPS) is 14.3. The monoisotopic (exact) mass is 1110 g/mol. The van der Waals surface area contributed by atoms with E-state index in [2.05, 4.69) is 111 Å². The molecule has 0 fully saturated rings. The van der Waals surface area contributed by atoms with Gasteiger partial charge in [0.25, 0.3) is 7.82 Å². The molecule has 0 saturated carbocycles. The van der Waals surface area contributed by atoms with Crippen molar-refractivity contribution in [2.24, 2.45) is 0 Å². The van der Waals surface area contributed by atoms with Gasteiger partial charge in [-0.3, -0.25) is 14.2 Å². The van der Waals surface area contributed by atoms with Crippen LogP contribution in [0, 0.1) is 0 Å². The number of carbonyl (C=O) groups excluding carboxylic acids is 2. The molecule has 0 heterocycles. The Hall–Kier alpha value is -3.07. The van der Waals surface area contributed by atoms with Gasteiger partial charge >= 0.3 is 5.97 Å². The molecule has 0 spiro atoms. The van der Waals surface area contributed by atoms with E-state index < -0.39 is 26.6 Å². The van der Waals surface area contributed by atoms with E-state index >= 15 is 0 Å². The maximum Gasteiger partial charge on any atom is 0.306 e. The van der Waals surface area contributed by atoms with Crippen LogP contribution >= 0.6 is 7.82 Å². The van der Waals surface area contributed by atoms with Crippen molar-refractivity contribution < 1.29 is 37.3 Å². The lowest BCUT2D eigenvalue weighted by atomic mass is 10.0. The number of esters is 1. The van der Waals surface area contributed by atoms with Crippen molar-refractivity contribution in [3.8, 4) is 0 Å². The number of ether oxygens (including phenoxy) is 1. The maximum atomic E-state index is 13.5. The molecule has 0 aliphatic rings. The fourth-order valence-corrected chi connectivity index (χ4v) is 9.54. The number of carbonyl (C=O) groups is 2. The van der Waals surface area contributed by atoms with Crippen molar-refractivity contribution in [3.05, 3.63) is 97.2 Å². The SMILES string of the molecule is CC/C=C/C/C=C/C/C=C/C/C=C/CCCCCC(=O)NC(COP(=O)([O-])OCC[N+](C)(C)C)C(/C=C\CCCCCCCCCCCCC)OC(=O)CCCCCCCCCCCC/C=C\C/C=C\C/C=C\CCCCC. The van der Waals surface area contributed by atoms with Crippen LogP contribution in [0.3, 0.4) is 0 Å². The van der Waals surface area contributed by atoms with Gasteiger partial charge in [-0.15, -0.1) is 0 Å². The summed E-state index contributed by atoms with van der Waals surface area (Å²) in [4.78, 5) is 40.0. The summed E-state index contributed by atoms with van der Waals surface area (Å²) in [5.41, 5.74) is 0. The molecule has 1 N–H and O–H groups in total. The summed E-state index contributed by atoms with van der Waals surface area (Å²) in [5, 5.41) is 3.01. The molecule has 1 amide bonds. The van der Waals surface area contributed by atoms with Crippen molar-refractivity contribution in [2.75, 3.05) is 40.9 Å². The molecule has 3 unspecified atom stereocenters. The predicted molar refractivity (Wildman–Crippen MR) is 334 cm³/mol. The average Bonchev–Trinajstić information content (AvgIpc) is 3.40. The number of nitrogens with one attached hydrogen (secondary N) is 1. The van der Waals surface area contributed by atoms with Crippen LogP contribution < -0.4 is 10.2 Å². The van der Waals surface area contributed by atoms with Gasteiger partial charge in [-0.05, 0) is 109 Å². The molecule has 0 bridgehead atoms. The second-order valence-electron chi connectivity index (χ2n) is 22.5. The zero-order chi connectivity index (χ0) is 57.2. The second kappa shape index (κ2) is 57.2. The summed E-state index contributed by atoms with van der Waals surface area (Å²) in [6.07, 6.45) is 76.6. The average molecular weight is 1110 g/mol. The first-order valence-electron chi connectivity index (χ1n) is 32.0. The lowest BCUT2D eigenvalue weighted by molar-refractivity contribution is -0.870. The number of amides is 1. The summed E-state index contributed by atoms with van der Waals surface area (Å²) in [6, 6.07) is -0.912. The zero-order valence-electron chi connectivity index (χ0n) is 51.3. The predicted octanol–water partition coefficient (Wildman–Crippen LogP) is 19.3. The molecule has 0 aromatic rings. The molecule has 78 heavy (non-hydrogen) atoms. The Bertz CT molecular complexity index is 1660. The van der Waals surface area contributed by atoms with Gasteiger partial charge in [0.2, 0.25) is 5.91 Å². The van der Waals surface area contributed by atoms with Gasteiger partial charge in [0, 0.05) is 12.8 Å². The Morgan fingerprint density at radius 2 is 0.821 bits per heavy atom. The first kappa shape index (κ1) is 74.9. The number of likely N-dealkylation sites (N-methyl/N-ethyl adjacent to an activating group) is 1. The summed E-state index contributed by atoms with van der Waals surface area (Å²) in [6.45, 7) is 6.68. The molecule has 0 rings (SSSR count). The molecule has 0 saturated heterocycles. The Kier molecular flexibility index (Phi) is 54.9. The molecule has 450 valence electrons. The van der Waals surface area contributed by atoms with Crippen LogP contribution in [0.2, 0.25) is 0 Å². The Balaban J connectivity index is 5.26. The van der Waals surface area contributed by atoms with Crippen LogP contribution in [0.25, 0.3) is 0 Å². The smallest absolute Gasteiger partial charge is 0.306 e. The maximum absolute atomic E-state index is 13.5. The molecule has 9 nitrogen and oxygen atoms in total. The van der Waals surface area contributed by atoms with E-state index in [1.54, 1.807) is 0 Å². The van der Waals surface area contributed by atoms with Gasteiger partial charge in [-0.1, -0.05) is 247 Å². The Morgan fingerprint density at radius 1 is 0.462 bits per heavy atom. The summed E-state index contributed by atoms with van der Waals surface area (Å²) in [5.74, 6) is -0.583. The summed E-state index contributed by atoms with van der Waals surface area (Å²) in [7, 11) is 1.15. The largest absolute Gasteiger partial charge is 0.756 e. The van der Waals surface area contributed by atoms with E-state index in [9.17, 15) is 19.0 Å². The standard InChI is InChI=1S/C68H121N2O7P/c1-7-10-13-16-19-22-25-28-30-32-33-34-35-36-37-38-40-43-46-49-52-55-58-61-68(72)77-66(59-56-53-50-47-44-41-27-24-21-18-15-12-9-3)65(64-76-78(73,74)75-63-62-70(4,5)6)69-67(71)60-57-54-51-48-45-42-39-31-29-26-23-20-17-14-11-8-2/h11,14,19-20,22-23,28-31,33-34,42,45,56,59,65-66H,7-10,12-13,15-18,21,24-27,32,35-41,43-44,46-55,57-58,60-64H2,1-6H3,(H-,69,71,73,74)/b14-11+,22-19-,23-20+,30-28-,31-29+,34-33-,45-42+,59-56-. The summed E-state index contributed by atoms with van der Waals surface area (Å²) >= 11 is 0. The van der Waals surface area contributed by atoms with E-state index in [0.717, 1.165) is 109 Å². The molecule has 10 heteroatoms. The molecule has 3 atom stereocenters. The third-order valence-corrected chi connectivity index (χ3v) is 14.7. The fourth-order valence-electron chi connectivity index (χ4n) is 8.81. The number of unbranched alkanes of at least 4 members (excludes halogenated alkanes) is 27. The van der Waals surface area contributed by atoms with E-state index in [4.69, 9.17) is 13.8 Å². The molecule has 0 aliphatic heterocycles. The number of hydrogen-bond acceptors (Lipinski definition) is 7. The number of phosphoric acid groups is 1. The fraction of sp³-hybridized carbons (Fsp3) is 0.735. The third-order valence-electron chi connectivity index (χ3n) is 13.7. The number of phosphoric ester groups is 1. The Labute approximate surface area is 481 Å². The molecule has 0 aromatic carbocycles. The number of allylic oxidation sites excluding steroid dienone is 15. The van der Waals surface area contributed by atoms with Crippen LogP contribution in [0.4, 0.5) is 0 Å². The van der Waals surface area contributed by atoms with Crippen LogP contribution in [0.1, 0.15) is 271 Å². The van der Waals surface area contributed by atoms with Gasteiger partial charge in [0.15, 0.2) is 0 Å². The second-order valence-corrected chi connectivity index (χ2v) is 23.9. The molecule has 0 aliphatic carbocycles. The minimum Gasteiger partial charge on any atom is -0.756 e. The first-order valence-corrected chi connectivity index (χ1v) is 33.5. The summed E-state index contributed by atoms with van der Waals surface area (Å²) < 4.78 is 30.3. The topological polar surface area (TPSA) is 114 Å². The van der Waals surface area contributed by atoms with Gasteiger partial charge in [0.05, 0.1) is 33.8 Å². The van der Waals surface area contributed by atoms with Crippen LogP contribution in [-0.4, -0.2) is 69.4 Å². The van der Waals surface area contributed by atoms with E-state index in [0.29, 0.717) is 17.4 Å². The van der Waals surface area contributed by atoms with Gasteiger partial charge < -0.3 is 28.5 Å². The van der Waals surface area contributed by atoms with Crippen molar-refractivity contribution in [2.45, 2.75) is 283 Å². The van der Waals surface area contributed by atoms with Gasteiger partial charge in [-0.25, -0.2) is 0 Å². The minimum atomic E-state index is -4.71. The Morgan fingerprint density at radius 3 is 1.27 bits per heavy atom. The number of quaternary nitrogens is 1.